The molecule has 0 heterocycles. The average molecular weight is 191 g/mol. The molecule has 0 saturated carbocycles. The number of nitro groups is 1. The Hall–Kier alpha value is -1.38. The molecule has 0 bridgehead atoms. The first-order valence-electron chi connectivity index (χ1n) is 4.87. The zero-order valence-corrected chi connectivity index (χ0v) is 8.46. The van der Waals surface area contributed by atoms with Crippen LogP contribution in [0.1, 0.15) is 28.7 Å². The molecule has 14 heavy (non-hydrogen) atoms. The van der Waals surface area contributed by atoms with E-state index in [0.717, 1.165) is 30.4 Å². The fraction of sp³-hybridized carbons (Fsp3) is 0.455. The standard InChI is InChI=1S/C11H13NO2/c1-7-6-11(12(13)14)10-5-3-4-9(10)8(7)2/h6H,3-5H2,1-2H3. The number of rotatable bonds is 1. The maximum atomic E-state index is 10.8. The van der Waals surface area contributed by atoms with Gasteiger partial charge in [0, 0.05) is 11.6 Å². The summed E-state index contributed by atoms with van der Waals surface area (Å²) in [6, 6.07) is 1.71. The minimum atomic E-state index is -0.253. The van der Waals surface area contributed by atoms with Crippen LogP contribution in [0.2, 0.25) is 0 Å². The van der Waals surface area contributed by atoms with Crippen molar-refractivity contribution in [1.29, 1.82) is 0 Å². The molecule has 0 saturated heterocycles. The predicted molar refractivity (Wildman–Crippen MR) is 54.6 cm³/mol. The third-order valence-electron chi connectivity index (χ3n) is 3.12. The molecule has 0 aliphatic heterocycles. The van der Waals surface area contributed by atoms with Gasteiger partial charge in [-0.15, -0.1) is 0 Å². The first kappa shape index (κ1) is 9.19. The summed E-state index contributed by atoms with van der Waals surface area (Å²) in [7, 11) is 0. The quantitative estimate of drug-likeness (QED) is 0.506. The molecule has 1 aliphatic carbocycles. The Morgan fingerprint density at radius 2 is 1.93 bits per heavy atom. The van der Waals surface area contributed by atoms with Crippen molar-refractivity contribution in [3.8, 4) is 0 Å². The van der Waals surface area contributed by atoms with Gasteiger partial charge in [0.2, 0.25) is 0 Å². The number of nitrogens with zero attached hydrogens (tertiary/aromatic N) is 1. The lowest BCUT2D eigenvalue weighted by Gasteiger charge is -2.07. The van der Waals surface area contributed by atoms with Crippen molar-refractivity contribution in [2.24, 2.45) is 0 Å². The number of nitro benzene ring substituents is 1. The summed E-state index contributed by atoms with van der Waals surface area (Å²) in [4.78, 5) is 10.6. The molecule has 74 valence electrons. The fourth-order valence-electron chi connectivity index (χ4n) is 2.24. The summed E-state index contributed by atoms with van der Waals surface area (Å²) >= 11 is 0. The molecule has 2 rings (SSSR count). The number of fused-ring (bicyclic) bond motifs is 1. The van der Waals surface area contributed by atoms with Gasteiger partial charge < -0.3 is 0 Å². The molecular formula is C11H13NO2. The van der Waals surface area contributed by atoms with E-state index in [-0.39, 0.29) is 4.92 Å². The van der Waals surface area contributed by atoms with Gasteiger partial charge in [0.1, 0.15) is 0 Å². The number of aryl methyl sites for hydroxylation is 1. The second kappa shape index (κ2) is 3.08. The normalized spacial score (nSPS) is 14.1. The second-order valence-corrected chi connectivity index (χ2v) is 3.91. The van der Waals surface area contributed by atoms with Crippen LogP contribution in [0.25, 0.3) is 0 Å². The average Bonchev–Trinajstić information content (AvgIpc) is 2.59. The van der Waals surface area contributed by atoms with Gasteiger partial charge in [-0.05, 0) is 49.8 Å². The van der Waals surface area contributed by atoms with Crippen LogP contribution in [0, 0.1) is 24.0 Å². The largest absolute Gasteiger partial charge is 0.273 e. The lowest BCUT2D eigenvalue weighted by molar-refractivity contribution is -0.385. The molecule has 0 radical (unpaired) electrons. The van der Waals surface area contributed by atoms with Crippen molar-refractivity contribution in [3.63, 3.8) is 0 Å². The molecule has 1 aliphatic rings. The molecule has 0 aromatic heterocycles. The summed E-state index contributed by atoms with van der Waals surface area (Å²) < 4.78 is 0. The molecule has 0 spiro atoms. The van der Waals surface area contributed by atoms with E-state index in [9.17, 15) is 10.1 Å². The number of benzene rings is 1. The molecule has 1 aromatic rings. The molecular weight excluding hydrogens is 178 g/mol. The SMILES string of the molecule is Cc1cc([N+](=O)[O-])c2c(c1C)CCC2. The Balaban J connectivity index is 2.70. The van der Waals surface area contributed by atoms with E-state index < -0.39 is 0 Å². The van der Waals surface area contributed by atoms with E-state index in [1.54, 1.807) is 6.07 Å². The van der Waals surface area contributed by atoms with Gasteiger partial charge in [0.05, 0.1) is 4.92 Å². The van der Waals surface area contributed by atoms with Gasteiger partial charge in [-0.25, -0.2) is 0 Å². The van der Waals surface area contributed by atoms with Gasteiger partial charge in [0.15, 0.2) is 0 Å². The van der Waals surface area contributed by atoms with E-state index in [1.165, 1.54) is 11.1 Å². The number of hydrogen-bond donors (Lipinski definition) is 0. The van der Waals surface area contributed by atoms with E-state index in [2.05, 4.69) is 6.92 Å². The Labute approximate surface area is 82.9 Å². The van der Waals surface area contributed by atoms with Crippen LogP contribution in [0.15, 0.2) is 6.07 Å². The topological polar surface area (TPSA) is 43.1 Å². The van der Waals surface area contributed by atoms with Crippen molar-refractivity contribution in [2.45, 2.75) is 33.1 Å². The third-order valence-corrected chi connectivity index (χ3v) is 3.12. The summed E-state index contributed by atoms with van der Waals surface area (Å²) in [5.74, 6) is 0. The first-order chi connectivity index (χ1) is 6.61. The van der Waals surface area contributed by atoms with E-state index in [0.29, 0.717) is 5.69 Å². The van der Waals surface area contributed by atoms with Crippen LogP contribution in [0.5, 0.6) is 0 Å². The highest BCUT2D eigenvalue weighted by Gasteiger charge is 2.24. The summed E-state index contributed by atoms with van der Waals surface area (Å²) in [5, 5.41) is 10.8. The molecule has 0 unspecified atom stereocenters. The molecule has 0 fully saturated rings. The molecule has 0 atom stereocenters. The zero-order chi connectivity index (χ0) is 10.3. The highest BCUT2D eigenvalue weighted by molar-refractivity contribution is 5.54. The van der Waals surface area contributed by atoms with Crippen molar-refractivity contribution >= 4 is 5.69 Å². The predicted octanol–water partition coefficient (Wildman–Crippen LogP) is 2.70. The Kier molecular flexibility index (Phi) is 2.02. The van der Waals surface area contributed by atoms with Crippen molar-refractivity contribution in [1.82, 2.24) is 0 Å². The molecule has 3 nitrogen and oxygen atoms in total. The third kappa shape index (κ3) is 1.20. The van der Waals surface area contributed by atoms with Crippen molar-refractivity contribution in [3.05, 3.63) is 38.4 Å². The van der Waals surface area contributed by atoms with E-state index in [1.807, 2.05) is 6.92 Å². The van der Waals surface area contributed by atoms with Crippen LogP contribution < -0.4 is 0 Å². The minimum Gasteiger partial charge on any atom is -0.258 e. The molecule has 0 N–H and O–H groups in total. The molecule has 0 amide bonds. The first-order valence-corrected chi connectivity index (χ1v) is 4.87. The lowest BCUT2D eigenvalue weighted by atomic mass is 9.98. The van der Waals surface area contributed by atoms with Gasteiger partial charge in [-0.3, -0.25) is 10.1 Å². The smallest absolute Gasteiger partial charge is 0.258 e. The highest BCUT2D eigenvalue weighted by Crippen LogP contribution is 2.34. The zero-order valence-electron chi connectivity index (χ0n) is 8.46. The summed E-state index contributed by atoms with van der Waals surface area (Å²) in [6.45, 7) is 4.00. The molecule has 3 heteroatoms. The molecule has 1 aromatic carbocycles. The van der Waals surface area contributed by atoms with Crippen molar-refractivity contribution in [2.75, 3.05) is 0 Å². The van der Waals surface area contributed by atoms with Crippen LogP contribution in [-0.2, 0) is 12.8 Å². The van der Waals surface area contributed by atoms with Gasteiger partial charge in [-0.1, -0.05) is 0 Å². The maximum absolute atomic E-state index is 10.8. The summed E-state index contributed by atoms with van der Waals surface area (Å²) in [6.07, 6.45) is 2.93. The van der Waals surface area contributed by atoms with E-state index in [4.69, 9.17) is 0 Å². The van der Waals surface area contributed by atoms with Crippen LogP contribution in [-0.4, -0.2) is 4.92 Å². The van der Waals surface area contributed by atoms with Gasteiger partial charge >= 0.3 is 0 Å². The monoisotopic (exact) mass is 191 g/mol. The maximum Gasteiger partial charge on any atom is 0.273 e. The summed E-state index contributed by atoms with van der Waals surface area (Å²) in [5.41, 5.74) is 4.79. The van der Waals surface area contributed by atoms with Crippen LogP contribution in [0.4, 0.5) is 5.69 Å². The second-order valence-electron chi connectivity index (χ2n) is 3.91. The van der Waals surface area contributed by atoms with Gasteiger partial charge in [0.25, 0.3) is 5.69 Å². The van der Waals surface area contributed by atoms with E-state index >= 15 is 0 Å². The Morgan fingerprint density at radius 3 is 2.57 bits per heavy atom. The number of hydrogen-bond acceptors (Lipinski definition) is 2. The fourth-order valence-corrected chi connectivity index (χ4v) is 2.24. The van der Waals surface area contributed by atoms with Gasteiger partial charge in [-0.2, -0.15) is 0 Å². The lowest BCUT2D eigenvalue weighted by Crippen LogP contribution is -1.98. The van der Waals surface area contributed by atoms with Crippen LogP contribution >= 0.6 is 0 Å². The van der Waals surface area contributed by atoms with Crippen LogP contribution in [0.3, 0.4) is 0 Å². The minimum absolute atomic E-state index is 0.253. The van der Waals surface area contributed by atoms with Crippen molar-refractivity contribution < 1.29 is 4.92 Å². The highest BCUT2D eigenvalue weighted by atomic mass is 16.6. The Morgan fingerprint density at radius 1 is 1.29 bits per heavy atom. The Bertz CT molecular complexity index is 410.